The molecule has 2 aromatic carbocycles. The molecule has 0 atom stereocenters. The third kappa shape index (κ3) is 2.15. The first-order chi connectivity index (χ1) is 10.1. The van der Waals surface area contributed by atoms with Gasteiger partial charge in [0, 0.05) is 5.39 Å². The van der Waals surface area contributed by atoms with E-state index in [2.05, 4.69) is 0 Å². The Bertz CT molecular complexity index is 868. The number of aromatic nitrogens is 1. The van der Waals surface area contributed by atoms with Crippen LogP contribution in [-0.2, 0) is 0 Å². The Balaban J connectivity index is 2.31. The molecule has 0 spiro atoms. The highest BCUT2D eigenvalue weighted by atomic mass is 35.5. The Morgan fingerprint density at radius 3 is 2.38 bits per heavy atom. The maximum Gasteiger partial charge on any atom is 0.265 e. The minimum Gasteiger partial charge on any atom is -0.298 e. The number of benzene rings is 2. The van der Waals surface area contributed by atoms with Gasteiger partial charge in [-0.25, -0.2) is 0 Å². The van der Waals surface area contributed by atoms with Crippen molar-refractivity contribution in [3.8, 4) is 0 Å². The first-order valence-electron chi connectivity index (χ1n) is 6.18. The van der Waals surface area contributed by atoms with Crippen LogP contribution in [0.1, 0.15) is 20.7 Å². The highest BCUT2D eigenvalue weighted by Gasteiger charge is 2.21. The molecule has 104 valence electrons. The van der Waals surface area contributed by atoms with E-state index in [9.17, 15) is 9.59 Å². The first kappa shape index (κ1) is 13.9. The molecule has 21 heavy (non-hydrogen) atoms. The molecule has 1 heterocycles. The van der Waals surface area contributed by atoms with E-state index < -0.39 is 0 Å². The Labute approximate surface area is 130 Å². The van der Waals surface area contributed by atoms with E-state index >= 15 is 0 Å². The minimum absolute atomic E-state index is 0.0936. The van der Waals surface area contributed by atoms with Crippen LogP contribution in [0.3, 0.4) is 0 Å². The van der Waals surface area contributed by atoms with E-state index in [1.165, 1.54) is 4.57 Å². The van der Waals surface area contributed by atoms with E-state index in [0.29, 0.717) is 33.3 Å². The molecule has 0 bridgehead atoms. The second kappa shape index (κ2) is 5.35. The molecule has 0 aliphatic rings. The fraction of sp³-hybridized carbons (Fsp3) is 0. The van der Waals surface area contributed by atoms with Gasteiger partial charge in [-0.3, -0.25) is 14.2 Å². The quantitative estimate of drug-likeness (QED) is 0.655. The van der Waals surface area contributed by atoms with Gasteiger partial charge in [0.05, 0.1) is 21.7 Å². The van der Waals surface area contributed by atoms with E-state index in [-0.39, 0.29) is 11.1 Å². The lowest BCUT2D eigenvalue weighted by atomic mass is 10.2. The second-order valence-corrected chi connectivity index (χ2v) is 5.23. The van der Waals surface area contributed by atoms with Crippen molar-refractivity contribution in [1.82, 2.24) is 4.57 Å². The lowest BCUT2D eigenvalue weighted by Gasteiger charge is -2.07. The molecule has 0 aliphatic carbocycles. The van der Waals surface area contributed by atoms with Crippen molar-refractivity contribution in [2.45, 2.75) is 0 Å². The van der Waals surface area contributed by atoms with E-state index in [1.807, 2.05) is 0 Å². The molecule has 5 heteroatoms. The van der Waals surface area contributed by atoms with Gasteiger partial charge in [-0.05, 0) is 18.2 Å². The zero-order chi connectivity index (χ0) is 15.0. The average Bonchev–Trinajstić information content (AvgIpc) is 2.78. The molecule has 3 rings (SSSR count). The molecule has 0 saturated carbocycles. The summed E-state index contributed by atoms with van der Waals surface area (Å²) >= 11 is 12.3. The summed E-state index contributed by atoms with van der Waals surface area (Å²) in [6, 6.07) is 13.8. The number of fused-ring (bicyclic) bond motifs is 1. The summed E-state index contributed by atoms with van der Waals surface area (Å²) in [6.07, 6.45) is 0.654. The summed E-state index contributed by atoms with van der Waals surface area (Å²) in [5.74, 6) is -0.366. The summed E-state index contributed by atoms with van der Waals surface area (Å²) in [5, 5.41) is 1.07. The zero-order valence-corrected chi connectivity index (χ0v) is 12.2. The molecular formula is C16H9Cl2NO2. The Morgan fingerprint density at radius 1 is 1.00 bits per heavy atom. The lowest BCUT2D eigenvalue weighted by molar-refractivity contribution is 0.0965. The molecule has 0 saturated heterocycles. The number of hydrogen-bond acceptors (Lipinski definition) is 2. The zero-order valence-electron chi connectivity index (χ0n) is 10.7. The maximum absolute atomic E-state index is 12.7. The number of carbonyl (C=O) groups is 2. The highest BCUT2D eigenvalue weighted by Crippen LogP contribution is 2.30. The monoisotopic (exact) mass is 317 g/mol. The third-order valence-corrected chi connectivity index (χ3v) is 3.98. The molecular weight excluding hydrogens is 309 g/mol. The Morgan fingerprint density at radius 2 is 1.67 bits per heavy atom. The Hall–Kier alpha value is -2.10. The average molecular weight is 318 g/mol. The van der Waals surface area contributed by atoms with Crippen LogP contribution in [0, 0.1) is 0 Å². The van der Waals surface area contributed by atoms with Crippen molar-refractivity contribution < 1.29 is 9.59 Å². The van der Waals surface area contributed by atoms with Crippen molar-refractivity contribution in [2.24, 2.45) is 0 Å². The van der Waals surface area contributed by atoms with Gasteiger partial charge in [0.1, 0.15) is 5.15 Å². The van der Waals surface area contributed by atoms with Crippen molar-refractivity contribution in [1.29, 1.82) is 0 Å². The topological polar surface area (TPSA) is 39.1 Å². The summed E-state index contributed by atoms with van der Waals surface area (Å²) in [6.45, 7) is 0. The number of para-hydroxylation sites is 1. The van der Waals surface area contributed by atoms with Crippen molar-refractivity contribution >= 4 is 46.3 Å². The predicted molar refractivity (Wildman–Crippen MR) is 83.5 cm³/mol. The molecule has 0 unspecified atom stereocenters. The normalized spacial score (nSPS) is 10.8. The van der Waals surface area contributed by atoms with Crippen LogP contribution in [0.4, 0.5) is 0 Å². The van der Waals surface area contributed by atoms with Crippen LogP contribution < -0.4 is 0 Å². The van der Waals surface area contributed by atoms with E-state index in [4.69, 9.17) is 23.2 Å². The summed E-state index contributed by atoms with van der Waals surface area (Å²) in [7, 11) is 0. The van der Waals surface area contributed by atoms with Gasteiger partial charge < -0.3 is 0 Å². The van der Waals surface area contributed by atoms with Crippen LogP contribution in [0.25, 0.3) is 10.9 Å². The second-order valence-electron chi connectivity index (χ2n) is 4.46. The largest absolute Gasteiger partial charge is 0.298 e. The van der Waals surface area contributed by atoms with Crippen molar-refractivity contribution in [3.63, 3.8) is 0 Å². The number of halogens is 2. The van der Waals surface area contributed by atoms with Gasteiger partial charge in [-0.15, -0.1) is 0 Å². The third-order valence-electron chi connectivity index (χ3n) is 3.28. The molecule has 3 nitrogen and oxygen atoms in total. The summed E-state index contributed by atoms with van der Waals surface area (Å²) in [4.78, 5) is 24.0. The van der Waals surface area contributed by atoms with E-state index in [0.717, 1.165) is 0 Å². The fourth-order valence-electron chi connectivity index (χ4n) is 2.30. The van der Waals surface area contributed by atoms with Crippen molar-refractivity contribution in [2.75, 3.05) is 0 Å². The minimum atomic E-state index is -0.366. The number of rotatable bonds is 2. The molecule has 0 fully saturated rings. The van der Waals surface area contributed by atoms with Crippen LogP contribution in [0.5, 0.6) is 0 Å². The molecule has 0 radical (unpaired) electrons. The van der Waals surface area contributed by atoms with Gasteiger partial charge >= 0.3 is 0 Å². The number of nitrogens with zero attached hydrogens (tertiary/aromatic N) is 1. The molecule has 0 amide bonds. The smallest absolute Gasteiger partial charge is 0.265 e. The molecule has 0 N–H and O–H groups in total. The van der Waals surface area contributed by atoms with Crippen LogP contribution >= 0.6 is 23.2 Å². The van der Waals surface area contributed by atoms with Gasteiger partial charge in [0.2, 0.25) is 0 Å². The summed E-state index contributed by atoms with van der Waals surface area (Å²) < 4.78 is 1.31. The Kier molecular flexibility index (Phi) is 3.53. The van der Waals surface area contributed by atoms with Gasteiger partial charge in [-0.2, -0.15) is 0 Å². The molecule has 0 aliphatic heterocycles. The SMILES string of the molecule is O=Cc1c(Cl)n(C(=O)c2ccccc2Cl)c2ccccc12. The van der Waals surface area contributed by atoms with Gasteiger partial charge in [0.15, 0.2) is 6.29 Å². The predicted octanol–water partition coefficient (Wildman–Crippen LogP) is 4.45. The standard InChI is InChI=1S/C16H9Cl2NO2/c17-13-7-3-1-6-11(13)16(21)19-14-8-4-2-5-10(14)12(9-20)15(19)18/h1-9H. The molecule has 3 aromatic rings. The maximum atomic E-state index is 12.7. The summed E-state index contributed by atoms with van der Waals surface area (Å²) in [5.41, 5.74) is 1.21. The number of hydrogen-bond donors (Lipinski definition) is 0. The fourth-order valence-corrected chi connectivity index (χ4v) is 2.83. The number of carbonyl (C=O) groups excluding carboxylic acids is 2. The van der Waals surface area contributed by atoms with Gasteiger partial charge in [-0.1, -0.05) is 53.5 Å². The van der Waals surface area contributed by atoms with Crippen LogP contribution in [-0.4, -0.2) is 16.8 Å². The highest BCUT2D eigenvalue weighted by molar-refractivity contribution is 6.37. The first-order valence-corrected chi connectivity index (χ1v) is 6.94. The van der Waals surface area contributed by atoms with Gasteiger partial charge in [0.25, 0.3) is 5.91 Å². The van der Waals surface area contributed by atoms with Crippen molar-refractivity contribution in [3.05, 3.63) is 69.8 Å². The number of aldehydes is 1. The van der Waals surface area contributed by atoms with Crippen LogP contribution in [0.2, 0.25) is 10.2 Å². The lowest BCUT2D eigenvalue weighted by Crippen LogP contribution is -2.12. The van der Waals surface area contributed by atoms with E-state index in [1.54, 1.807) is 48.5 Å². The van der Waals surface area contributed by atoms with Crippen LogP contribution in [0.15, 0.2) is 48.5 Å². The molecule has 1 aromatic heterocycles.